The fourth-order valence-electron chi connectivity index (χ4n) is 2.97. The Morgan fingerprint density at radius 1 is 0.969 bits per heavy atom. The van der Waals surface area contributed by atoms with Crippen LogP contribution in [0.2, 0.25) is 0 Å². The number of ether oxygens (including phenoxy) is 1. The summed E-state index contributed by atoms with van der Waals surface area (Å²) in [6.07, 6.45) is 3.63. The summed E-state index contributed by atoms with van der Waals surface area (Å²) in [4.78, 5) is 11.6. The highest BCUT2D eigenvalue weighted by Gasteiger charge is 2.16. The number of aliphatic hydroxyl groups is 1. The number of anilines is 1. The van der Waals surface area contributed by atoms with E-state index in [0.29, 0.717) is 12.5 Å². The van der Waals surface area contributed by atoms with Crippen molar-refractivity contribution in [3.8, 4) is 17.1 Å². The lowest BCUT2D eigenvalue weighted by molar-refractivity contribution is 0.288. The number of hydrogen-bond donors (Lipinski definition) is 1. The molecule has 5 nitrogen and oxygen atoms in total. The molecule has 2 heterocycles. The highest BCUT2D eigenvalue weighted by Crippen LogP contribution is 2.31. The van der Waals surface area contributed by atoms with E-state index >= 15 is 0 Å². The van der Waals surface area contributed by atoms with Crippen LogP contribution in [-0.4, -0.2) is 42.4 Å². The lowest BCUT2D eigenvalue weighted by Gasteiger charge is -2.20. The monoisotopic (exact) mass is 447 g/mol. The second-order valence-corrected chi connectivity index (χ2v) is 7.00. The average Bonchev–Trinajstić information content (AvgIpc) is 2.81. The number of pyridine rings is 2. The van der Waals surface area contributed by atoms with Crippen molar-refractivity contribution >= 4 is 5.82 Å². The number of hydrogen-bond acceptors (Lipinski definition) is 5. The number of aliphatic hydroxyl groups excluding tert-OH is 1. The highest BCUT2D eigenvalue weighted by molar-refractivity contribution is 5.69. The van der Waals surface area contributed by atoms with Crippen molar-refractivity contribution in [2.24, 2.45) is 0 Å². The third-order valence-electron chi connectivity index (χ3n) is 4.13. The van der Waals surface area contributed by atoms with Crippen LogP contribution in [-0.2, 0) is 12.8 Å². The van der Waals surface area contributed by atoms with Crippen LogP contribution < -0.4 is 9.64 Å². The van der Waals surface area contributed by atoms with Gasteiger partial charge in [-0.15, -0.1) is 0 Å². The van der Waals surface area contributed by atoms with E-state index in [2.05, 4.69) is 44.8 Å². The summed E-state index contributed by atoms with van der Waals surface area (Å²) in [6.45, 7) is 19.2. The molecule has 0 aliphatic heterocycles. The first kappa shape index (κ1) is 32.0. The molecule has 0 saturated carbocycles. The third-order valence-corrected chi connectivity index (χ3v) is 4.13. The Kier molecular flexibility index (Phi) is 19.6. The maximum atomic E-state index is 9.14. The zero-order valence-corrected chi connectivity index (χ0v) is 22.7. The Labute approximate surface area is 198 Å². The Morgan fingerprint density at radius 3 is 2.03 bits per heavy atom. The van der Waals surface area contributed by atoms with Gasteiger partial charge in [-0.05, 0) is 50.3 Å². The number of aryl methyl sites for hydroxylation is 3. The lowest BCUT2D eigenvalue weighted by Crippen LogP contribution is -2.15. The zero-order chi connectivity index (χ0) is 25.1. The van der Waals surface area contributed by atoms with Crippen molar-refractivity contribution in [1.82, 2.24) is 9.97 Å². The largest absolute Gasteiger partial charge is 0.478 e. The zero-order valence-electron chi connectivity index (χ0n) is 22.7. The molecule has 5 heteroatoms. The molecule has 0 fully saturated rings. The second kappa shape index (κ2) is 19.5. The van der Waals surface area contributed by atoms with Crippen LogP contribution in [0.25, 0.3) is 11.3 Å². The molecular formula is C27H49N3O2. The van der Waals surface area contributed by atoms with E-state index in [-0.39, 0.29) is 6.61 Å². The fraction of sp³-hybridized carbons (Fsp3) is 0.630. The van der Waals surface area contributed by atoms with Gasteiger partial charge in [0.2, 0.25) is 5.88 Å². The third kappa shape index (κ3) is 10.4. The molecule has 32 heavy (non-hydrogen) atoms. The number of nitrogens with zero attached hydrogens (tertiary/aromatic N) is 3. The predicted octanol–water partition coefficient (Wildman–Crippen LogP) is 6.87. The van der Waals surface area contributed by atoms with Crippen molar-refractivity contribution in [3.05, 3.63) is 35.0 Å². The summed E-state index contributed by atoms with van der Waals surface area (Å²) >= 11 is 0. The van der Waals surface area contributed by atoms with E-state index in [1.165, 1.54) is 6.42 Å². The van der Waals surface area contributed by atoms with Gasteiger partial charge in [0.15, 0.2) is 0 Å². The van der Waals surface area contributed by atoms with Crippen LogP contribution in [0.15, 0.2) is 18.2 Å². The molecule has 0 bridgehead atoms. The molecule has 0 saturated heterocycles. The van der Waals surface area contributed by atoms with Crippen molar-refractivity contribution in [2.75, 3.05) is 32.2 Å². The molecule has 0 amide bonds. The summed E-state index contributed by atoms with van der Waals surface area (Å²) in [5.41, 5.74) is 5.30. The van der Waals surface area contributed by atoms with Crippen molar-refractivity contribution in [3.63, 3.8) is 0 Å². The first-order chi connectivity index (χ1) is 15.4. The first-order valence-electron chi connectivity index (χ1n) is 12.3. The minimum absolute atomic E-state index is 0.191. The van der Waals surface area contributed by atoms with Crippen LogP contribution in [0.3, 0.4) is 0 Å². The summed E-state index contributed by atoms with van der Waals surface area (Å²) in [6, 6.07) is 6.15. The smallest absolute Gasteiger partial charge is 0.213 e. The van der Waals surface area contributed by atoms with Crippen molar-refractivity contribution in [2.45, 2.75) is 88.0 Å². The average molecular weight is 448 g/mol. The van der Waals surface area contributed by atoms with E-state index in [4.69, 9.17) is 14.8 Å². The van der Waals surface area contributed by atoms with Gasteiger partial charge in [-0.1, -0.05) is 61.0 Å². The van der Waals surface area contributed by atoms with Crippen LogP contribution in [0, 0.1) is 6.92 Å². The molecule has 2 aromatic heterocycles. The molecule has 184 valence electrons. The van der Waals surface area contributed by atoms with E-state index in [0.717, 1.165) is 53.2 Å². The molecule has 2 rings (SSSR count). The Morgan fingerprint density at radius 2 is 1.56 bits per heavy atom. The van der Waals surface area contributed by atoms with Crippen molar-refractivity contribution < 1.29 is 9.84 Å². The SMILES string of the molecule is CC.CC.CCC.CCOc1ccc(-c2nc(N(C)C)c(CCCO)cc2C)c(CC)n1. The standard InChI is InChI=1S/C20H29N3O2.C3H8.2C2H6/c1-6-17-16(10-11-18(21-17)25-7-2)19-14(3)13-15(9-8-12-24)20(22-19)23(4)5;1-3-2;2*1-2/h10-11,13,24H,6-9,12H2,1-5H3;3H2,1-2H3;2*1-2H3. The van der Waals surface area contributed by atoms with Gasteiger partial charge in [0.1, 0.15) is 5.82 Å². The summed E-state index contributed by atoms with van der Waals surface area (Å²) in [7, 11) is 4.00. The minimum Gasteiger partial charge on any atom is -0.478 e. The molecule has 0 unspecified atom stereocenters. The normalized spacial score (nSPS) is 9.38. The van der Waals surface area contributed by atoms with Gasteiger partial charge in [-0.25, -0.2) is 9.97 Å². The lowest BCUT2D eigenvalue weighted by atomic mass is 10.0. The topological polar surface area (TPSA) is 58.5 Å². The van der Waals surface area contributed by atoms with Gasteiger partial charge in [-0.3, -0.25) is 0 Å². The maximum Gasteiger partial charge on any atom is 0.213 e. The fourth-order valence-corrected chi connectivity index (χ4v) is 2.97. The molecule has 0 radical (unpaired) electrons. The van der Waals surface area contributed by atoms with Crippen LogP contribution in [0.5, 0.6) is 5.88 Å². The quantitative estimate of drug-likeness (QED) is 0.478. The van der Waals surface area contributed by atoms with Crippen LogP contribution >= 0.6 is 0 Å². The van der Waals surface area contributed by atoms with E-state index < -0.39 is 0 Å². The van der Waals surface area contributed by atoms with Gasteiger partial charge in [0, 0.05) is 32.3 Å². The molecule has 1 N–H and O–H groups in total. The van der Waals surface area contributed by atoms with Gasteiger partial charge in [0.25, 0.3) is 0 Å². The number of rotatable bonds is 8. The van der Waals surface area contributed by atoms with Gasteiger partial charge >= 0.3 is 0 Å². The van der Waals surface area contributed by atoms with Gasteiger partial charge in [-0.2, -0.15) is 0 Å². The minimum atomic E-state index is 0.191. The highest BCUT2D eigenvalue weighted by atomic mass is 16.5. The van der Waals surface area contributed by atoms with E-state index in [1.54, 1.807) is 0 Å². The van der Waals surface area contributed by atoms with Crippen molar-refractivity contribution in [1.29, 1.82) is 0 Å². The molecular weight excluding hydrogens is 398 g/mol. The van der Waals surface area contributed by atoms with Crippen LogP contribution in [0.1, 0.15) is 85.1 Å². The summed E-state index contributed by atoms with van der Waals surface area (Å²) in [5.74, 6) is 1.61. The Balaban J connectivity index is 0. The predicted molar refractivity (Wildman–Crippen MR) is 141 cm³/mol. The maximum absolute atomic E-state index is 9.14. The Bertz CT molecular complexity index is 731. The number of aromatic nitrogens is 2. The van der Waals surface area contributed by atoms with E-state index in [9.17, 15) is 0 Å². The van der Waals surface area contributed by atoms with Gasteiger partial charge < -0.3 is 14.7 Å². The second-order valence-electron chi connectivity index (χ2n) is 7.00. The van der Waals surface area contributed by atoms with E-state index in [1.807, 2.05) is 59.7 Å². The molecule has 0 aliphatic rings. The molecule has 0 atom stereocenters. The first-order valence-corrected chi connectivity index (χ1v) is 12.3. The summed E-state index contributed by atoms with van der Waals surface area (Å²) in [5, 5.41) is 9.14. The molecule has 2 aromatic rings. The molecule has 0 aliphatic carbocycles. The van der Waals surface area contributed by atoms with Crippen LogP contribution in [0.4, 0.5) is 5.82 Å². The summed E-state index contributed by atoms with van der Waals surface area (Å²) < 4.78 is 5.53. The molecule has 0 aromatic carbocycles. The molecule has 0 spiro atoms. The van der Waals surface area contributed by atoms with Gasteiger partial charge in [0.05, 0.1) is 18.0 Å². The Hall–Kier alpha value is -2.14.